The highest BCUT2D eigenvalue weighted by Crippen LogP contribution is 2.52. The van der Waals surface area contributed by atoms with E-state index in [2.05, 4.69) is 31.0 Å². The van der Waals surface area contributed by atoms with Crippen molar-refractivity contribution in [2.45, 2.75) is 60.8 Å². The van der Waals surface area contributed by atoms with Crippen molar-refractivity contribution in [1.82, 2.24) is 4.98 Å². The second-order valence-corrected chi connectivity index (χ2v) is 6.08. The van der Waals surface area contributed by atoms with Gasteiger partial charge in [-0.1, -0.05) is 85.7 Å². The quantitative estimate of drug-likeness (QED) is 0.476. The lowest BCUT2D eigenvalue weighted by atomic mass is 9.79. The smallest absolute Gasteiger partial charge is 0.336 e. The Kier molecular flexibility index (Phi) is 7.83. The average Bonchev–Trinajstić information content (AvgIpc) is 3.21. The number of aromatic nitrogens is 1. The molecule has 0 unspecified atom stereocenters. The third kappa shape index (κ3) is 3.64. The van der Waals surface area contributed by atoms with Gasteiger partial charge in [0.25, 0.3) is 0 Å². The van der Waals surface area contributed by atoms with Crippen molar-refractivity contribution in [2.24, 2.45) is 0 Å². The van der Waals surface area contributed by atoms with Crippen LogP contribution in [0.5, 0.6) is 0 Å². The van der Waals surface area contributed by atoms with E-state index in [0.29, 0.717) is 5.56 Å². The molecule has 0 fully saturated rings. The minimum atomic E-state index is -0.866. The van der Waals surface area contributed by atoms with E-state index >= 15 is 0 Å². The van der Waals surface area contributed by atoms with Gasteiger partial charge in [0.05, 0.1) is 11.3 Å². The summed E-state index contributed by atoms with van der Waals surface area (Å²) in [6, 6.07) is 13.7. The fourth-order valence-corrected chi connectivity index (χ4v) is 3.73. The fraction of sp³-hybridized carbons (Fsp3) is 0.375. The molecule has 2 aromatic carbocycles. The Bertz CT molecular complexity index is 904. The van der Waals surface area contributed by atoms with Crippen LogP contribution in [0.2, 0.25) is 0 Å². The highest BCUT2D eigenvalue weighted by atomic mass is 16.4. The van der Waals surface area contributed by atoms with E-state index in [1.54, 1.807) is 6.07 Å². The topological polar surface area (TPSA) is 53.1 Å². The van der Waals surface area contributed by atoms with Crippen LogP contribution >= 0.6 is 0 Å². The zero-order valence-corrected chi connectivity index (χ0v) is 17.9. The second-order valence-electron chi connectivity index (χ2n) is 6.08. The summed E-state index contributed by atoms with van der Waals surface area (Å²) in [5.74, 6) is -0.866. The number of nitrogens with one attached hydrogen (secondary N) is 1. The number of hydrogen-bond donors (Lipinski definition) is 2. The standard InChI is InChI=1S/C18H15NO2.3C2H6/c1-18(2)14-11(7-5-8-12(14)17(20)21)16-15(18)10-6-3-4-9-13(10)19-16;3*1-2/h3-9,19H,1-2H3,(H,20,21);3*1-2H3. The molecule has 146 valence electrons. The maximum atomic E-state index is 11.6. The molecule has 3 nitrogen and oxygen atoms in total. The average molecular weight is 368 g/mol. The third-order valence-corrected chi connectivity index (χ3v) is 4.52. The molecule has 1 aromatic heterocycles. The van der Waals surface area contributed by atoms with E-state index in [1.165, 1.54) is 10.9 Å². The summed E-state index contributed by atoms with van der Waals surface area (Å²) in [6.07, 6.45) is 0. The van der Waals surface area contributed by atoms with Gasteiger partial charge in [0.1, 0.15) is 0 Å². The SMILES string of the molecule is CC.CC.CC.CC1(C)c2c(C(=O)O)cccc2-c2[nH]c3ccccc3c21. The fourth-order valence-electron chi connectivity index (χ4n) is 3.73. The van der Waals surface area contributed by atoms with Crippen molar-refractivity contribution in [3.05, 3.63) is 59.2 Å². The van der Waals surface area contributed by atoms with Gasteiger partial charge in [-0.3, -0.25) is 0 Å². The van der Waals surface area contributed by atoms with Gasteiger partial charge in [-0.15, -0.1) is 0 Å². The highest BCUT2D eigenvalue weighted by molar-refractivity contribution is 6.01. The lowest BCUT2D eigenvalue weighted by Crippen LogP contribution is -2.19. The van der Waals surface area contributed by atoms with Crippen LogP contribution in [-0.2, 0) is 5.41 Å². The summed E-state index contributed by atoms with van der Waals surface area (Å²) in [6.45, 7) is 16.2. The molecule has 0 atom stereocenters. The van der Waals surface area contributed by atoms with Crippen LogP contribution in [-0.4, -0.2) is 16.1 Å². The molecule has 1 heterocycles. The van der Waals surface area contributed by atoms with Gasteiger partial charge in [0.15, 0.2) is 0 Å². The number of carbonyl (C=O) groups is 1. The number of fused-ring (bicyclic) bond motifs is 5. The molecule has 2 N–H and O–H groups in total. The van der Waals surface area contributed by atoms with Gasteiger partial charge in [-0.05, 0) is 23.3 Å². The second kappa shape index (κ2) is 9.40. The molecule has 0 saturated carbocycles. The van der Waals surface area contributed by atoms with Crippen molar-refractivity contribution in [3.8, 4) is 11.3 Å². The number of para-hydroxylation sites is 1. The molecular weight excluding hydrogens is 334 g/mol. The molecule has 4 rings (SSSR count). The van der Waals surface area contributed by atoms with Gasteiger partial charge in [-0.25, -0.2) is 4.79 Å². The molecule has 0 aliphatic heterocycles. The van der Waals surface area contributed by atoms with E-state index in [4.69, 9.17) is 0 Å². The molecule has 1 aliphatic carbocycles. The lowest BCUT2D eigenvalue weighted by Gasteiger charge is -2.23. The molecule has 0 bridgehead atoms. The van der Waals surface area contributed by atoms with Crippen molar-refractivity contribution >= 4 is 16.9 Å². The van der Waals surface area contributed by atoms with Crippen molar-refractivity contribution in [2.75, 3.05) is 0 Å². The van der Waals surface area contributed by atoms with E-state index < -0.39 is 5.97 Å². The molecule has 1 aliphatic rings. The molecule has 0 amide bonds. The van der Waals surface area contributed by atoms with Gasteiger partial charge >= 0.3 is 5.97 Å². The van der Waals surface area contributed by atoms with Crippen LogP contribution in [0.15, 0.2) is 42.5 Å². The van der Waals surface area contributed by atoms with Crippen molar-refractivity contribution in [3.63, 3.8) is 0 Å². The highest BCUT2D eigenvalue weighted by Gasteiger charge is 2.41. The molecule has 0 spiro atoms. The van der Waals surface area contributed by atoms with Crippen LogP contribution in [0.1, 0.15) is 76.9 Å². The first kappa shape index (κ1) is 22.5. The summed E-state index contributed by atoms with van der Waals surface area (Å²) in [5.41, 5.74) is 5.34. The van der Waals surface area contributed by atoms with Crippen LogP contribution in [0.4, 0.5) is 0 Å². The lowest BCUT2D eigenvalue weighted by molar-refractivity contribution is 0.0694. The summed E-state index contributed by atoms with van der Waals surface area (Å²) in [7, 11) is 0. The zero-order valence-electron chi connectivity index (χ0n) is 17.9. The number of carboxylic acids is 1. The number of benzene rings is 2. The Morgan fingerprint density at radius 3 is 2.04 bits per heavy atom. The summed E-state index contributed by atoms with van der Waals surface area (Å²) in [5, 5.41) is 10.7. The van der Waals surface area contributed by atoms with E-state index in [9.17, 15) is 9.90 Å². The van der Waals surface area contributed by atoms with Gasteiger partial charge in [0.2, 0.25) is 0 Å². The predicted octanol–water partition coefficient (Wildman–Crippen LogP) is 7.25. The molecule has 27 heavy (non-hydrogen) atoms. The van der Waals surface area contributed by atoms with E-state index in [0.717, 1.165) is 22.3 Å². The normalized spacial score (nSPS) is 12.3. The zero-order chi connectivity index (χ0) is 20.8. The maximum Gasteiger partial charge on any atom is 0.336 e. The van der Waals surface area contributed by atoms with Crippen molar-refractivity contribution < 1.29 is 9.90 Å². The van der Waals surface area contributed by atoms with Gasteiger partial charge < -0.3 is 10.1 Å². The largest absolute Gasteiger partial charge is 0.478 e. The Morgan fingerprint density at radius 2 is 1.44 bits per heavy atom. The number of hydrogen-bond acceptors (Lipinski definition) is 1. The number of rotatable bonds is 1. The first-order chi connectivity index (χ1) is 13.0. The number of aromatic amines is 1. The minimum Gasteiger partial charge on any atom is -0.478 e. The Balaban J connectivity index is 0.000000556. The molecule has 3 aromatic rings. The van der Waals surface area contributed by atoms with Crippen LogP contribution in [0.3, 0.4) is 0 Å². The van der Waals surface area contributed by atoms with Crippen LogP contribution in [0, 0.1) is 0 Å². The first-order valence-electron chi connectivity index (χ1n) is 10.00. The predicted molar refractivity (Wildman–Crippen MR) is 117 cm³/mol. The molecule has 3 heteroatoms. The Hall–Kier alpha value is -2.55. The monoisotopic (exact) mass is 367 g/mol. The van der Waals surface area contributed by atoms with Gasteiger partial charge in [0, 0.05) is 21.9 Å². The van der Waals surface area contributed by atoms with Crippen LogP contribution < -0.4 is 0 Å². The van der Waals surface area contributed by atoms with Gasteiger partial charge in [-0.2, -0.15) is 0 Å². The Morgan fingerprint density at radius 1 is 0.852 bits per heavy atom. The summed E-state index contributed by atoms with van der Waals surface area (Å²) < 4.78 is 0. The summed E-state index contributed by atoms with van der Waals surface area (Å²) in [4.78, 5) is 15.0. The van der Waals surface area contributed by atoms with Crippen LogP contribution in [0.25, 0.3) is 22.2 Å². The Labute approximate surface area is 163 Å². The minimum absolute atomic E-state index is 0.320. The van der Waals surface area contributed by atoms with E-state index in [-0.39, 0.29) is 5.41 Å². The first-order valence-corrected chi connectivity index (χ1v) is 10.00. The molecule has 0 radical (unpaired) electrons. The van der Waals surface area contributed by atoms with Crippen molar-refractivity contribution in [1.29, 1.82) is 0 Å². The summed E-state index contributed by atoms with van der Waals surface area (Å²) >= 11 is 0. The maximum absolute atomic E-state index is 11.6. The molecule has 0 saturated heterocycles. The number of H-pyrrole nitrogens is 1. The third-order valence-electron chi connectivity index (χ3n) is 4.52. The van der Waals surface area contributed by atoms with E-state index in [1.807, 2.05) is 65.8 Å². The number of carboxylic acid groups (broad SMARTS) is 1. The molecular formula is C24H33NO2. The number of aromatic carboxylic acids is 1.